The number of amides is 3. The van der Waals surface area contributed by atoms with Crippen molar-refractivity contribution in [1.29, 1.82) is 0 Å². The maximum atomic E-state index is 12.7. The van der Waals surface area contributed by atoms with E-state index in [1.165, 1.54) is 39.0 Å². The van der Waals surface area contributed by atoms with Gasteiger partial charge in [-0.05, 0) is 62.1 Å². The number of hydrogen-bond donors (Lipinski definition) is 3. The molecular weight excluding hydrogens is 745 g/mol. The van der Waals surface area contributed by atoms with Crippen LogP contribution in [0.1, 0.15) is 81.2 Å². The van der Waals surface area contributed by atoms with Gasteiger partial charge in [-0.3, -0.25) is 9.59 Å². The van der Waals surface area contributed by atoms with E-state index in [2.05, 4.69) is 41.9 Å². The Bertz CT molecular complexity index is 2280. The summed E-state index contributed by atoms with van der Waals surface area (Å²) in [5.41, 5.74) is 6.05. The number of thiophene rings is 2. The van der Waals surface area contributed by atoms with Crippen LogP contribution >= 0.6 is 45.3 Å². The zero-order valence-corrected chi connectivity index (χ0v) is 34.0. The van der Waals surface area contributed by atoms with Crippen LogP contribution in [0.2, 0.25) is 0 Å². The lowest BCUT2D eigenvalue weighted by Crippen LogP contribution is -2.40. The lowest BCUT2D eigenvalue weighted by atomic mass is 9.93. The van der Waals surface area contributed by atoms with Crippen LogP contribution in [0, 0.1) is 0 Å². The maximum absolute atomic E-state index is 12.7. The standard InChI is InChI=1S/C22H25N3O3S2.C17H17N3OS2/c1-12-10-25(21(27)28-22(3,4)5)11-16-17(12)18(19(30-16)23-13(2)26)20-24-14-8-6-7-9-15(14)29-20;1-9-7-18-8-13-14(9)15(16(23-13)19-10(2)21)17-20-11-5-3-4-6-12(11)22-17/h6-9,12H,10-11H2,1-5H3,(H,23,26);3-6,9,18H,7-8H2,1-2H3,(H,19,21). The summed E-state index contributed by atoms with van der Waals surface area (Å²) in [6.07, 6.45) is -0.309. The predicted molar refractivity (Wildman–Crippen MR) is 220 cm³/mol. The monoisotopic (exact) mass is 786 g/mol. The van der Waals surface area contributed by atoms with E-state index >= 15 is 0 Å². The van der Waals surface area contributed by atoms with Crippen LogP contribution in [0.3, 0.4) is 0 Å². The second-order valence-corrected chi connectivity index (χ2v) is 18.7. The fourth-order valence-corrected chi connectivity index (χ4v) is 11.7. The molecule has 0 aliphatic carbocycles. The molecule has 4 aromatic heterocycles. The quantitative estimate of drug-likeness (QED) is 0.162. The number of benzene rings is 2. The molecule has 10 nitrogen and oxygen atoms in total. The van der Waals surface area contributed by atoms with Gasteiger partial charge in [-0.2, -0.15) is 0 Å². The highest BCUT2D eigenvalue weighted by Gasteiger charge is 2.35. The second kappa shape index (κ2) is 14.9. The van der Waals surface area contributed by atoms with Crippen LogP contribution in [0.25, 0.3) is 41.6 Å². The number of aromatic nitrogens is 2. The molecule has 2 atom stereocenters. The Balaban J connectivity index is 0.000000170. The van der Waals surface area contributed by atoms with E-state index in [1.54, 1.807) is 45.8 Å². The van der Waals surface area contributed by atoms with Crippen molar-refractivity contribution in [3.63, 3.8) is 0 Å². The molecule has 14 heteroatoms. The summed E-state index contributed by atoms with van der Waals surface area (Å²) < 4.78 is 7.87. The van der Waals surface area contributed by atoms with Gasteiger partial charge in [0.1, 0.15) is 25.6 Å². The minimum atomic E-state index is -0.538. The average molecular weight is 787 g/mol. The number of nitrogens with one attached hydrogen (secondary N) is 3. The topological polar surface area (TPSA) is 126 Å². The molecule has 3 amide bonds. The van der Waals surface area contributed by atoms with Crippen molar-refractivity contribution in [2.75, 3.05) is 23.7 Å². The summed E-state index contributed by atoms with van der Waals surface area (Å²) in [5.74, 6) is 0.362. The SMILES string of the molecule is CC(=O)Nc1sc2c(c1-c1nc3ccccc3s1)C(C)CN(C(=O)OC(C)(C)C)C2.CC(=O)Nc1sc2c(c1-c1nc3ccccc3s1)C(C)CNC2. The van der Waals surface area contributed by atoms with Gasteiger partial charge in [-0.25, -0.2) is 14.8 Å². The number of fused-ring (bicyclic) bond motifs is 4. The fourth-order valence-electron chi connectivity index (χ4n) is 6.78. The molecular formula is C39H42N6O4S4. The number of hydrogen-bond acceptors (Lipinski definition) is 11. The molecule has 8 rings (SSSR count). The molecule has 2 unspecified atom stereocenters. The van der Waals surface area contributed by atoms with Crippen molar-refractivity contribution in [2.24, 2.45) is 0 Å². The molecule has 0 radical (unpaired) electrons. The molecule has 6 aromatic rings. The molecule has 53 heavy (non-hydrogen) atoms. The Morgan fingerprint density at radius 3 is 1.79 bits per heavy atom. The minimum absolute atomic E-state index is 0.0356. The van der Waals surface area contributed by atoms with E-state index in [0.717, 1.165) is 64.8 Å². The first-order valence-electron chi connectivity index (χ1n) is 17.5. The molecule has 276 valence electrons. The third-order valence-corrected chi connectivity index (χ3v) is 13.2. The van der Waals surface area contributed by atoms with E-state index in [9.17, 15) is 14.4 Å². The van der Waals surface area contributed by atoms with Crippen LogP contribution in [0.4, 0.5) is 14.8 Å². The molecule has 0 bridgehead atoms. The number of thiazole rings is 2. The first kappa shape index (κ1) is 37.1. The number of para-hydroxylation sites is 2. The molecule has 2 aliphatic rings. The van der Waals surface area contributed by atoms with Gasteiger partial charge in [0.25, 0.3) is 0 Å². The number of ether oxygens (including phenoxy) is 1. The van der Waals surface area contributed by atoms with Crippen LogP contribution in [-0.4, -0.2) is 51.5 Å². The third-order valence-electron chi connectivity index (χ3n) is 8.84. The molecule has 2 aromatic carbocycles. The minimum Gasteiger partial charge on any atom is -0.444 e. The zero-order valence-electron chi connectivity index (χ0n) is 30.7. The van der Waals surface area contributed by atoms with E-state index in [1.807, 2.05) is 57.2 Å². The smallest absolute Gasteiger partial charge is 0.410 e. The van der Waals surface area contributed by atoms with Crippen molar-refractivity contribution in [2.45, 2.75) is 79.0 Å². The largest absolute Gasteiger partial charge is 0.444 e. The normalized spacial score (nSPS) is 16.8. The second-order valence-electron chi connectivity index (χ2n) is 14.4. The van der Waals surface area contributed by atoms with Crippen LogP contribution in [-0.2, 0) is 27.4 Å². The number of nitrogens with zero attached hydrogens (tertiary/aromatic N) is 3. The molecule has 3 N–H and O–H groups in total. The molecule has 2 aliphatic heterocycles. The summed E-state index contributed by atoms with van der Waals surface area (Å²) in [6.45, 7) is 15.9. The summed E-state index contributed by atoms with van der Waals surface area (Å²) in [5, 5.41) is 13.1. The van der Waals surface area contributed by atoms with Gasteiger partial charge in [-0.15, -0.1) is 45.3 Å². The molecule has 0 saturated heterocycles. The number of rotatable bonds is 4. The lowest BCUT2D eigenvalue weighted by molar-refractivity contribution is -0.115. The molecule has 0 spiro atoms. The fraction of sp³-hybridized carbons (Fsp3) is 0.359. The van der Waals surface area contributed by atoms with Crippen molar-refractivity contribution in [1.82, 2.24) is 20.2 Å². The first-order chi connectivity index (χ1) is 25.3. The molecule has 0 fully saturated rings. The van der Waals surface area contributed by atoms with Gasteiger partial charge < -0.3 is 25.6 Å². The first-order valence-corrected chi connectivity index (χ1v) is 20.8. The van der Waals surface area contributed by atoms with E-state index in [-0.39, 0.29) is 23.8 Å². The van der Waals surface area contributed by atoms with Gasteiger partial charge in [-0.1, -0.05) is 38.1 Å². The Labute approximate surface area is 324 Å². The van der Waals surface area contributed by atoms with E-state index in [4.69, 9.17) is 14.7 Å². The summed E-state index contributed by atoms with van der Waals surface area (Å²) in [7, 11) is 0. The summed E-state index contributed by atoms with van der Waals surface area (Å²) >= 11 is 6.51. The van der Waals surface area contributed by atoms with Crippen molar-refractivity contribution >= 4 is 93.7 Å². The number of anilines is 2. The number of carbonyl (C=O) groups excluding carboxylic acids is 3. The van der Waals surface area contributed by atoms with Crippen LogP contribution < -0.4 is 16.0 Å². The average Bonchev–Trinajstić information content (AvgIpc) is 3.85. The van der Waals surface area contributed by atoms with E-state index in [0.29, 0.717) is 19.0 Å². The van der Waals surface area contributed by atoms with Crippen LogP contribution in [0.5, 0.6) is 0 Å². The molecule has 6 heterocycles. The highest BCUT2D eigenvalue weighted by atomic mass is 32.1. The highest BCUT2D eigenvalue weighted by molar-refractivity contribution is 7.23. The van der Waals surface area contributed by atoms with Gasteiger partial charge in [0.05, 0.1) is 27.0 Å². The van der Waals surface area contributed by atoms with Crippen molar-refractivity contribution in [3.8, 4) is 21.1 Å². The van der Waals surface area contributed by atoms with Crippen molar-refractivity contribution in [3.05, 3.63) is 69.4 Å². The van der Waals surface area contributed by atoms with Crippen LogP contribution in [0.15, 0.2) is 48.5 Å². The predicted octanol–water partition coefficient (Wildman–Crippen LogP) is 10.0. The maximum Gasteiger partial charge on any atom is 0.410 e. The Morgan fingerprint density at radius 1 is 0.774 bits per heavy atom. The number of carbonyl (C=O) groups is 3. The van der Waals surface area contributed by atoms with E-state index < -0.39 is 5.60 Å². The van der Waals surface area contributed by atoms with Gasteiger partial charge in [0, 0.05) is 60.3 Å². The lowest BCUT2D eigenvalue weighted by Gasteiger charge is -2.33. The molecule has 0 saturated carbocycles. The Hall–Kier alpha value is -4.21. The Kier molecular flexibility index (Phi) is 10.4. The third kappa shape index (κ3) is 7.88. The van der Waals surface area contributed by atoms with Gasteiger partial charge in [0.2, 0.25) is 11.8 Å². The van der Waals surface area contributed by atoms with Gasteiger partial charge in [0.15, 0.2) is 0 Å². The van der Waals surface area contributed by atoms with Crippen molar-refractivity contribution < 1.29 is 19.1 Å². The highest BCUT2D eigenvalue weighted by Crippen LogP contribution is 2.50. The summed E-state index contributed by atoms with van der Waals surface area (Å²) in [4.78, 5) is 49.9. The van der Waals surface area contributed by atoms with Gasteiger partial charge >= 0.3 is 6.09 Å². The Morgan fingerprint density at radius 2 is 1.28 bits per heavy atom. The summed E-state index contributed by atoms with van der Waals surface area (Å²) in [6, 6.07) is 16.2. The zero-order chi connectivity index (χ0) is 37.6.